The molecule has 2 aromatic carbocycles. The van der Waals surface area contributed by atoms with Crippen LogP contribution < -0.4 is 5.32 Å². The Morgan fingerprint density at radius 2 is 1.83 bits per heavy atom. The summed E-state index contributed by atoms with van der Waals surface area (Å²) in [7, 11) is 0. The van der Waals surface area contributed by atoms with Crippen LogP contribution in [-0.2, 0) is 16.0 Å². The number of carbonyl (C=O) groups is 2. The van der Waals surface area contributed by atoms with Gasteiger partial charge in [-0.15, -0.1) is 0 Å². The van der Waals surface area contributed by atoms with Gasteiger partial charge in [-0.1, -0.05) is 49.4 Å². The highest BCUT2D eigenvalue weighted by atomic mass is 19.1. The van der Waals surface area contributed by atoms with Gasteiger partial charge < -0.3 is 10.4 Å². The van der Waals surface area contributed by atoms with Crippen LogP contribution in [-0.4, -0.2) is 17.0 Å². The summed E-state index contributed by atoms with van der Waals surface area (Å²) in [5.74, 6) is -1.78. The largest absolute Gasteiger partial charge is 0.479 e. The molecule has 4 nitrogen and oxygen atoms in total. The number of carboxylic acids is 1. The number of nitrogens with one attached hydrogen (secondary N) is 1. The molecule has 126 valence electrons. The normalized spacial score (nSPS) is 13.1. The lowest BCUT2D eigenvalue weighted by Crippen LogP contribution is -2.34. The van der Waals surface area contributed by atoms with E-state index in [-0.39, 0.29) is 24.1 Å². The number of benzene rings is 2. The fourth-order valence-corrected chi connectivity index (χ4v) is 2.61. The smallest absolute Gasteiger partial charge is 0.330 e. The Hall–Kier alpha value is -2.69. The number of halogens is 1. The molecule has 0 aliphatic rings. The zero-order chi connectivity index (χ0) is 17.5. The van der Waals surface area contributed by atoms with E-state index >= 15 is 0 Å². The molecule has 0 spiro atoms. The van der Waals surface area contributed by atoms with Crippen LogP contribution in [0.25, 0.3) is 0 Å². The van der Waals surface area contributed by atoms with Gasteiger partial charge in [0.2, 0.25) is 5.91 Å². The van der Waals surface area contributed by atoms with Crippen molar-refractivity contribution in [3.8, 4) is 0 Å². The van der Waals surface area contributed by atoms with Crippen molar-refractivity contribution in [2.45, 2.75) is 25.8 Å². The predicted molar refractivity (Wildman–Crippen MR) is 88.8 cm³/mol. The molecular formula is C19H20FNO3. The molecule has 0 heterocycles. The Morgan fingerprint density at radius 1 is 1.12 bits per heavy atom. The van der Waals surface area contributed by atoms with E-state index in [0.717, 1.165) is 5.56 Å². The Kier molecular flexibility index (Phi) is 6.07. The number of hydrogen-bond acceptors (Lipinski definition) is 2. The zero-order valence-electron chi connectivity index (χ0n) is 13.4. The summed E-state index contributed by atoms with van der Waals surface area (Å²) in [5, 5.41) is 11.9. The van der Waals surface area contributed by atoms with Gasteiger partial charge >= 0.3 is 5.97 Å². The van der Waals surface area contributed by atoms with Gasteiger partial charge in [0, 0.05) is 6.42 Å². The lowest BCUT2D eigenvalue weighted by molar-refractivity contribution is -0.142. The Bertz CT molecular complexity index is 703. The average Bonchev–Trinajstić information content (AvgIpc) is 2.53. The second-order valence-corrected chi connectivity index (χ2v) is 5.89. The molecule has 2 unspecified atom stereocenters. The first-order valence-electron chi connectivity index (χ1n) is 7.77. The van der Waals surface area contributed by atoms with Crippen LogP contribution in [0.4, 0.5) is 4.39 Å². The Balaban J connectivity index is 1.94. The number of rotatable bonds is 7. The molecule has 0 aliphatic carbocycles. The summed E-state index contributed by atoms with van der Waals surface area (Å²) in [6.45, 7) is 1.88. The van der Waals surface area contributed by atoms with Crippen molar-refractivity contribution in [2.24, 2.45) is 5.92 Å². The molecule has 2 atom stereocenters. The van der Waals surface area contributed by atoms with Crippen molar-refractivity contribution < 1.29 is 19.1 Å². The third-order valence-corrected chi connectivity index (χ3v) is 3.69. The highest BCUT2D eigenvalue weighted by molar-refractivity contribution is 5.84. The van der Waals surface area contributed by atoms with E-state index in [1.165, 1.54) is 12.1 Å². The molecule has 0 aliphatic heterocycles. The van der Waals surface area contributed by atoms with Crippen LogP contribution in [0.3, 0.4) is 0 Å². The lowest BCUT2D eigenvalue weighted by Gasteiger charge is -2.17. The summed E-state index contributed by atoms with van der Waals surface area (Å²) in [6.07, 6.45) is 0.724. The third kappa shape index (κ3) is 5.19. The number of hydrogen-bond donors (Lipinski definition) is 2. The molecular weight excluding hydrogens is 309 g/mol. The van der Waals surface area contributed by atoms with Gasteiger partial charge in [-0.2, -0.15) is 0 Å². The lowest BCUT2D eigenvalue weighted by atomic mass is 9.97. The van der Waals surface area contributed by atoms with Crippen LogP contribution in [0, 0.1) is 11.7 Å². The van der Waals surface area contributed by atoms with Gasteiger partial charge in [-0.05, 0) is 35.6 Å². The van der Waals surface area contributed by atoms with Gasteiger partial charge in [0.15, 0.2) is 6.04 Å². The topological polar surface area (TPSA) is 66.4 Å². The van der Waals surface area contributed by atoms with Crippen molar-refractivity contribution in [1.29, 1.82) is 0 Å². The summed E-state index contributed by atoms with van der Waals surface area (Å²) in [4.78, 5) is 23.5. The van der Waals surface area contributed by atoms with Gasteiger partial charge in [0.05, 0.1) is 0 Å². The average molecular weight is 329 g/mol. The fraction of sp³-hybridized carbons (Fsp3) is 0.263. The molecule has 2 N–H and O–H groups in total. The predicted octanol–water partition coefficient (Wildman–Crippen LogP) is 3.34. The molecule has 24 heavy (non-hydrogen) atoms. The van der Waals surface area contributed by atoms with Crippen molar-refractivity contribution >= 4 is 11.9 Å². The second kappa shape index (κ2) is 8.24. The first-order chi connectivity index (χ1) is 11.5. The summed E-state index contributed by atoms with van der Waals surface area (Å²) in [6, 6.07) is 13.7. The van der Waals surface area contributed by atoms with Gasteiger partial charge in [-0.3, -0.25) is 4.79 Å². The van der Waals surface area contributed by atoms with Crippen LogP contribution >= 0.6 is 0 Å². The maximum Gasteiger partial charge on any atom is 0.330 e. The van der Waals surface area contributed by atoms with E-state index in [4.69, 9.17) is 0 Å². The van der Waals surface area contributed by atoms with Gasteiger partial charge in [0.1, 0.15) is 5.82 Å². The first-order valence-corrected chi connectivity index (χ1v) is 7.77. The van der Waals surface area contributed by atoms with Crippen LogP contribution in [0.5, 0.6) is 0 Å². The minimum Gasteiger partial charge on any atom is -0.479 e. The van der Waals surface area contributed by atoms with Crippen molar-refractivity contribution in [2.75, 3.05) is 0 Å². The van der Waals surface area contributed by atoms with Gasteiger partial charge in [-0.25, -0.2) is 9.18 Å². The van der Waals surface area contributed by atoms with E-state index in [1.807, 2.05) is 13.0 Å². The molecule has 2 aromatic rings. The first kappa shape index (κ1) is 17.7. The minimum atomic E-state index is -1.10. The highest BCUT2D eigenvalue weighted by Crippen LogP contribution is 2.16. The molecule has 0 aromatic heterocycles. The minimum absolute atomic E-state index is 0.0305. The van der Waals surface area contributed by atoms with Gasteiger partial charge in [0.25, 0.3) is 0 Å². The van der Waals surface area contributed by atoms with E-state index in [2.05, 4.69) is 5.32 Å². The quantitative estimate of drug-likeness (QED) is 0.819. The number of carboxylic acid groups (broad SMARTS) is 1. The summed E-state index contributed by atoms with van der Waals surface area (Å²) >= 11 is 0. The van der Waals surface area contributed by atoms with E-state index in [9.17, 15) is 19.1 Å². The monoisotopic (exact) mass is 329 g/mol. The van der Waals surface area contributed by atoms with Crippen LogP contribution in [0.15, 0.2) is 54.6 Å². The zero-order valence-corrected chi connectivity index (χ0v) is 13.4. The number of carbonyl (C=O) groups excluding carboxylic acids is 1. The molecule has 2 rings (SSSR count). The maximum absolute atomic E-state index is 13.2. The Labute approximate surface area is 140 Å². The molecule has 0 bridgehead atoms. The van der Waals surface area contributed by atoms with Crippen molar-refractivity contribution in [3.63, 3.8) is 0 Å². The molecule has 0 radical (unpaired) electrons. The maximum atomic E-state index is 13.2. The molecule has 0 saturated carbocycles. The van der Waals surface area contributed by atoms with E-state index in [1.54, 1.807) is 36.4 Å². The number of amides is 1. The van der Waals surface area contributed by atoms with Crippen LogP contribution in [0.1, 0.15) is 30.5 Å². The molecule has 0 saturated heterocycles. The van der Waals surface area contributed by atoms with Crippen LogP contribution in [0.2, 0.25) is 0 Å². The number of aliphatic carboxylic acids is 1. The fourth-order valence-electron chi connectivity index (χ4n) is 2.61. The highest BCUT2D eigenvalue weighted by Gasteiger charge is 2.22. The van der Waals surface area contributed by atoms with Crippen molar-refractivity contribution in [1.82, 2.24) is 5.32 Å². The molecule has 1 amide bonds. The second-order valence-electron chi connectivity index (χ2n) is 5.89. The van der Waals surface area contributed by atoms with E-state index in [0.29, 0.717) is 12.0 Å². The standard InChI is InChI=1S/C19H20FNO3/c1-13(10-14-6-5-9-16(20)12-14)11-17(22)21-18(19(23)24)15-7-3-2-4-8-15/h2-9,12-13,18H,10-11H2,1H3,(H,21,22)(H,23,24). The summed E-state index contributed by atoms with van der Waals surface area (Å²) < 4.78 is 13.2. The third-order valence-electron chi connectivity index (χ3n) is 3.69. The summed E-state index contributed by atoms with van der Waals surface area (Å²) in [5.41, 5.74) is 1.34. The molecule has 0 fully saturated rings. The molecule has 5 heteroatoms. The van der Waals surface area contributed by atoms with E-state index < -0.39 is 12.0 Å². The van der Waals surface area contributed by atoms with Crippen molar-refractivity contribution in [3.05, 3.63) is 71.5 Å². The Morgan fingerprint density at radius 3 is 2.46 bits per heavy atom. The SMILES string of the molecule is CC(CC(=O)NC(C(=O)O)c1ccccc1)Cc1cccc(F)c1.